The maximum absolute atomic E-state index is 15.0. The summed E-state index contributed by atoms with van der Waals surface area (Å²) in [6.07, 6.45) is 2.80. The Morgan fingerprint density at radius 1 is 1.03 bits per heavy atom. The summed E-state index contributed by atoms with van der Waals surface area (Å²) in [7, 11) is 1.43. The molecule has 3 N–H and O–H groups in total. The molecule has 8 nitrogen and oxygen atoms in total. The Hall–Kier alpha value is -4.31. The van der Waals surface area contributed by atoms with E-state index >= 15 is 0 Å². The summed E-state index contributed by atoms with van der Waals surface area (Å²) in [5.41, 5.74) is 5.88. The van der Waals surface area contributed by atoms with Gasteiger partial charge in [-0.25, -0.2) is 8.78 Å². The minimum absolute atomic E-state index is 0.0291. The lowest BCUT2D eigenvalue weighted by atomic mass is 10.0. The normalized spacial score (nSPS) is 10.8. The number of hydrogen-bond acceptors (Lipinski definition) is 7. The molecule has 0 spiro atoms. The Morgan fingerprint density at radius 3 is 2.47 bits per heavy atom. The highest BCUT2D eigenvalue weighted by molar-refractivity contribution is 5.98. The average Bonchev–Trinajstić information content (AvgIpc) is 2.84. The first-order valence-corrected chi connectivity index (χ1v) is 10.1. The van der Waals surface area contributed by atoms with Gasteiger partial charge in [0.2, 0.25) is 0 Å². The van der Waals surface area contributed by atoms with E-state index in [0.29, 0.717) is 22.4 Å². The van der Waals surface area contributed by atoms with Crippen molar-refractivity contribution in [2.24, 2.45) is 5.73 Å². The molecule has 4 rings (SSSR count). The number of benzene rings is 2. The van der Waals surface area contributed by atoms with Crippen molar-refractivity contribution in [1.82, 2.24) is 9.97 Å². The molecule has 0 unspecified atom stereocenters. The minimum Gasteiger partial charge on any atom is -0.493 e. The quantitative estimate of drug-likeness (QED) is 0.404. The molecular formula is C24H19F2N3O5. The zero-order valence-electron chi connectivity index (χ0n) is 17.9. The molecule has 4 aromatic rings. The van der Waals surface area contributed by atoms with Crippen LogP contribution in [0.3, 0.4) is 0 Å². The number of nitrogens with zero attached hydrogens (tertiary/aromatic N) is 2. The first kappa shape index (κ1) is 22.9. The van der Waals surface area contributed by atoms with Gasteiger partial charge in [-0.05, 0) is 36.4 Å². The largest absolute Gasteiger partial charge is 0.493 e. The molecule has 1 amide bonds. The van der Waals surface area contributed by atoms with Gasteiger partial charge in [-0.15, -0.1) is 0 Å². The van der Waals surface area contributed by atoms with Crippen LogP contribution in [-0.4, -0.2) is 41.3 Å². The van der Waals surface area contributed by atoms with Crippen LogP contribution >= 0.6 is 0 Å². The third-order valence-corrected chi connectivity index (χ3v) is 4.89. The third kappa shape index (κ3) is 4.44. The van der Waals surface area contributed by atoms with E-state index in [0.717, 1.165) is 12.1 Å². The SMILES string of the molecule is COc1cc2c(Oc3c(F)cc(-c4ncccc4C(N)=O)cc3F)ccnc2cc1OCCO. The summed E-state index contributed by atoms with van der Waals surface area (Å²) in [4.78, 5) is 19.9. The topological polar surface area (TPSA) is 117 Å². The van der Waals surface area contributed by atoms with Gasteiger partial charge in [0.15, 0.2) is 28.9 Å². The second kappa shape index (κ2) is 9.67. The predicted octanol–water partition coefficient (Wildman–Crippen LogP) is 3.85. The molecule has 2 aromatic carbocycles. The molecule has 0 fully saturated rings. The summed E-state index contributed by atoms with van der Waals surface area (Å²) in [6.45, 7) is -0.139. The fourth-order valence-electron chi connectivity index (χ4n) is 3.38. The summed E-state index contributed by atoms with van der Waals surface area (Å²) >= 11 is 0. The fourth-order valence-corrected chi connectivity index (χ4v) is 3.38. The molecule has 0 aliphatic carbocycles. The number of carbonyl (C=O) groups excluding carboxylic acids is 1. The van der Waals surface area contributed by atoms with Crippen LogP contribution in [0.15, 0.2) is 54.9 Å². The molecule has 2 aromatic heterocycles. The van der Waals surface area contributed by atoms with Crippen LogP contribution in [0.5, 0.6) is 23.0 Å². The van der Waals surface area contributed by atoms with Crippen molar-refractivity contribution in [3.05, 3.63) is 72.1 Å². The number of nitrogens with two attached hydrogens (primary N) is 1. The van der Waals surface area contributed by atoms with E-state index in [4.69, 9.17) is 25.1 Å². The van der Waals surface area contributed by atoms with Crippen LogP contribution in [0.25, 0.3) is 22.2 Å². The number of amides is 1. The van der Waals surface area contributed by atoms with Gasteiger partial charge in [0, 0.05) is 29.4 Å². The van der Waals surface area contributed by atoms with E-state index in [-0.39, 0.29) is 35.8 Å². The van der Waals surface area contributed by atoms with E-state index in [1.165, 1.54) is 37.7 Å². The summed E-state index contributed by atoms with van der Waals surface area (Å²) in [5, 5.41) is 9.42. The van der Waals surface area contributed by atoms with Gasteiger partial charge in [-0.1, -0.05) is 0 Å². The number of rotatable bonds is 8. The number of halogens is 2. The standard InChI is InChI=1S/C24H19F2N3O5/c1-32-20-11-15-18(12-21(20)33-8-7-30)28-6-4-19(15)34-23-16(25)9-13(10-17(23)26)22-14(24(27)31)3-2-5-29-22/h2-6,9-12,30H,7-8H2,1H3,(H2,27,31). The van der Waals surface area contributed by atoms with Gasteiger partial charge in [0.1, 0.15) is 12.4 Å². The third-order valence-electron chi connectivity index (χ3n) is 4.89. The Kier molecular flexibility index (Phi) is 6.51. The van der Waals surface area contributed by atoms with Crippen molar-refractivity contribution in [3.8, 4) is 34.3 Å². The fraction of sp³-hybridized carbons (Fsp3) is 0.125. The molecular weight excluding hydrogens is 448 g/mol. The summed E-state index contributed by atoms with van der Waals surface area (Å²) < 4.78 is 46.3. The van der Waals surface area contributed by atoms with Crippen molar-refractivity contribution >= 4 is 16.8 Å². The second-order valence-corrected chi connectivity index (χ2v) is 7.04. The number of methoxy groups -OCH3 is 1. The number of ether oxygens (including phenoxy) is 3. The number of fused-ring (bicyclic) bond motifs is 1. The first-order chi connectivity index (χ1) is 16.4. The lowest BCUT2D eigenvalue weighted by molar-refractivity contribution is 0.100. The molecule has 0 atom stereocenters. The van der Waals surface area contributed by atoms with Gasteiger partial charge in [-0.2, -0.15) is 0 Å². The van der Waals surface area contributed by atoms with Gasteiger partial charge < -0.3 is 25.1 Å². The van der Waals surface area contributed by atoms with Crippen molar-refractivity contribution in [3.63, 3.8) is 0 Å². The molecule has 174 valence electrons. The lowest BCUT2D eigenvalue weighted by Crippen LogP contribution is -2.13. The number of hydrogen-bond donors (Lipinski definition) is 2. The lowest BCUT2D eigenvalue weighted by Gasteiger charge is -2.14. The number of pyridine rings is 2. The molecule has 10 heteroatoms. The molecule has 0 bridgehead atoms. The average molecular weight is 467 g/mol. The van der Waals surface area contributed by atoms with E-state index in [1.807, 2.05) is 0 Å². The highest BCUT2D eigenvalue weighted by atomic mass is 19.1. The van der Waals surface area contributed by atoms with Crippen LogP contribution in [0.4, 0.5) is 8.78 Å². The van der Waals surface area contributed by atoms with E-state index in [2.05, 4.69) is 9.97 Å². The van der Waals surface area contributed by atoms with Gasteiger partial charge in [0.05, 0.1) is 30.5 Å². The van der Waals surface area contributed by atoms with E-state index in [1.54, 1.807) is 12.1 Å². The molecule has 0 radical (unpaired) electrons. The Labute approximate surface area is 192 Å². The number of aliphatic hydroxyl groups is 1. The zero-order chi connectivity index (χ0) is 24.2. The van der Waals surface area contributed by atoms with Crippen molar-refractivity contribution in [2.45, 2.75) is 0 Å². The van der Waals surface area contributed by atoms with Crippen LogP contribution in [0.2, 0.25) is 0 Å². The van der Waals surface area contributed by atoms with Crippen LogP contribution in [-0.2, 0) is 0 Å². The number of carbonyl (C=O) groups is 1. The number of aliphatic hydroxyl groups excluding tert-OH is 1. The molecule has 0 aliphatic heterocycles. The molecule has 0 saturated carbocycles. The maximum Gasteiger partial charge on any atom is 0.250 e. The van der Waals surface area contributed by atoms with Crippen molar-refractivity contribution in [1.29, 1.82) is 0 Å². The van der Waals surface area contributed by atoms with Crippen LogP contribution in [0.1, 0.15) is 10.4 Å². The minimum atomic E-state index is -1.00. The monoisotopic (exact) mass is 467 g/mol. The highest BCUT2D eigenvalue weighted by Crippen LogP contribution is 2.39. The van der Waals surface area contributed by atoms with E-state index in [9.17, 15) is 13.6 Å². The number of primary amides is 1. The molecule has 0 saturated heterocycles. The molecule has 34 heavy (non-hydrogen) atoms. The van der Waals surface area contributed by atoms with Crippen LogP contribution in [0, 0.1) is 11.6 Å². The predicted molar refractivity (Wildman–Crippen MR) is 119 cm³/mol. The maximum atomic E-state index is 15.0. The van der Waals surface area contributed by atoms with Gasteiger partial charge >= 0.3 is 0 Å². The highest BCUT2D eigenvalue weighted by Gasteiger charge is 2.20. The zero-order valence-corrected chi connectivity index (χ0v) is 17.9. The first-order valence-electron chi connectivity index (χ1n) is 10.1. The smallest absolute Gasteiger partial charge is 0.250 e. The Morgan fingerprint density at radius 2 is 1.79 bits per heavy atom. The van der Waals surface area contributed by atoms with E-state index < -0.39 is 23.3 Å². The Bertz CT molecular complexity index is 1360. The molecule has 2 heterocycles. The summed E-state index contributed by atoms with van der Waals surface area (Å²) in [5.74, 6) is -2.64. The van der Waals surface area contributed by atoms with Crippen molar-refractivity contribution < 1.29 is 32.9 Å². The van der Waals surface area contributed by atoms with Gasteiger partial charge in [-0.3, -0.25) is 14.8 Å². The molecule has 0 aliphatic rings. The summed E-state index contributed by atoms with van der Waals surface area (Å²) in [6, 6.07) is 9.51. The van der Waals surface area contributed by atoms with Crippen LogP contribution < -0.4 is 19.9 Å². The Balaban J connectivity index is 1.75. The number of aromatic nitrogens is 2. The van der Waals surface area contributed by atoms with Crippen molar-refractivity contribution in [2.75, 3.05) is 20.3 Å². The van der Waals surface area contributed by atoms with Gasteiger partial charge in [0.25, 0.3) is 5.91 Å². The second-order valence-electron chi connectivity index (χ2n) is 7.04.